The third-order valence-electron chi connectivity index (χ3n) is 3.30. The zero-order chi connectivity index (χ0) is 15.6. The van der Waals surface area contributed by atoms with E-state index in [4.69, 9.17) is 4.74 Å². The minimum Gasteiger partial charge on any atom is -0.494 e. The number of methoxy groups -OCH3 is 1. The van der Waals surface area contributed by atoms with Gasteiger partial charge in [-0.3, -0.25) is 0 Å². The highest BCUT2D eigenvalue weighted by Gasteiger charge is 2.20. The fraction of sp³-hybridized carbons (Fsp3) is 0.250. The van der Waals surface area contributed by atoms with E-state index in [2.05, 4.69) is 0 Å². The first-order valence-corrected chi connectivity index (χ1v) is 6.39. The van der Waals surface area contributed by atoms with Gasteiger partial charge in [0.15, 0.2) is 11.6 Å². The van der Waals surface area contributed by atoms with Crippen molar-refractivity contribution < 1.29 is 23.0 Å². The van der Waals surface area contributed by atoms with Gasteiger partial charge in [0.1, 0.15) is 11.6 Å². The van der Waals surface area contributed by atoms with Gasteiger partial charge in [0.05, 0.1) is 18.8 Å². The van der Waals surface area contributed by atoms with E-state index in [1.54, 1.807) is 0 Å². The Labute approximate surface area is 120 Å². The highest BCUT2D eigenvalue weighted by Crippen LogP contribution is 2.27. The summed E-state index contributed by atoms with van der Waals surface area (Å²) in [6.07, 6.45) is -1.49. The molecule has 2 rings (SSSR count). The van der Waals surface area contributed by atoms with Gasteiger partial charge in [-0.15, -0.1) is 0 Å². The van der Waals surface area contributed by atoms with Crippen molar-refractivity contribution in [2.75, 3.05) is 7.11 Å². The van der Waals surface area contributed by atoms with Crippen molar-refractivity contribution in [3.8, 4) is 5.75 Å². The lowest BCUT2D eigenvalue weighted by atomic mass is 9.98. The van der Waals surface area contributed by atoms with Crippen LogP contribution >= 0.6 is 0 Å². The van der Waals surface area contributed by atoms with Gasteiger partial charge in [0.2, 0.25) is 0 Å². The first-order valence-electron chi connectivity index (χ1n) is 6.39. The monoisotopic (exact) mass is 296 g/mol. The van der Waals surface area contributed by atoms with E-state index >= 15 is 0 Å². The van der Waals surface area contributed by atoms with Gasteiger partial charge < -0.3 is 9.84 Å². The van der Waals surface area contributed by atoms with Crippen molar-refractivity contribution in [2.24, 2.45) is 0 Å². The lowest BCUT2D eigenvalue weighted by Gasteiger charge is -2.15. The fourth-order valence-electron chi connectivity index (χ4n) is 2.15. The molecule has 5 heteroatoms. The summed E-state index contributed by atoms with van der Waals surface area (Å²) in [4.78, 5) is 0. The molecule has 0 heterocycles. The maximum absolute atomic E-state index is 13.9. The molecule has 0 spiro atoms. The number of halogens is 3. The Morgan fingerprint density at radius 1 is 1.10 bits per heavy atom. The molecule has 0 amide bonds. The Morgan fingerprint density at radius 2 is 1.81 bits per heavy atom. The van der Waals surface area contributed by atoms with Gasteiger partial charge in [-0.1, -0.05) is 12.1 Å². The van der Waals surface area contributed by atoms with E-state index < -0.39 is 29.1 Å². The number of hydrogen-bond acceptors (Lipinski definition) is 2. The third kappa shape index (κ3) is 3.19. The Morgan fingerprint density at radius 3 is 2.43 bits per heavy atom. The quantitative estimate of drug-likeness (QED) is 0.932. The van der Waals surface area contributed by atoms with Gasteiger partial charge >= 0.3 is 0 Å². The number of hydrogen-bond donors (Lipinski definition) is 1. The summed E-state index contributed by atoms with van der Waals surface area (Å²) in [5, 5.41) is 10.0. The van der Waals surface area contributed by atoms with Crippen LogP contribution in [0.1, 0.15) is 22.8 Å². The van der Waals surface area contributed by atoms with Crippen LogP contribution in [0.4, 0.5) is 13.2 Å². The molecule has 1 unspecified atom stereocenters. The number of rotatable bonds is 4. The minimum atomic E-state index is -1.39. The predicted molar refractivity (Wildman–Crippen MR) is 72.7 cm³/mol. The van der Waals surface area contributed by atoms with Crippen LogP contribution in [0.15, 0.2) is 30.3 Å². The molecule has 1 N–H and O–H groups in total. The maximum atomic E-state index is 13.9. The molecule has 21 heavy (non-hydrogen) atoms. The molecule has 112 valence electrons. The molecular formula is C16H15F3O2. The lowest BCUT2D eigenvalue weighted by Crippen LogP contribution is -2.08. The van der Waals surface area contributed by atoms with Crippen LogP contribution in [-0.2, 0) is 6.42 Å². The Kier molecular flexibility index (Phi) is 4.53. The smallest absolute Gasteiger partial charge is 0.165 e. The van der Waals surface area contributed by atoms with Crippen LogP contribution in [0.3, 0.4) is 0 Å². The van der Waals surface area contributed by atoms with E-state index in [0.29, 0.717) is 5.56 Å². The molecule has 0 saturated carbocycles. The standard InChI is InChI=1S/C16H15F3O2/c1-9-3-5-11(17)15(16(9)19)13(20)8-10-4-6-14(21-2)12(18)7-10/h3-7,13,20H,8H2,1-2H3. The summed E-state index contributed by atoms with van der Waals surface area (Å²) < 4.78 is 46.0. The van der Waals surface area contributed by atoms with E-state index in [9.17, 15) is 18.3 Å². The Hall–Kier alpha value is -2.01. The molecule has 0 radical (unpaired) electrons. The largest absolute Gasteiger partial charge is 0.494 e. The summed E-state index contributed by atoms with van der Waals surface area (Å²) in [7, 11) is 1.34. The lowest BCUT2D eigenvalue weighted by molar-refractivity contribution is 0.168. The molecule has 0 aliphatic heterocycles. The van der Waals surface area contributed by atoms with Crippen LogP contribution < -0.4 is 4.74 Å². The Bertz CT molecular complexity index is 656. The van der Waals surface area contributed by atoms with Crippen molar-refractivity contribution in [3.05, 3.63) is 64.5 Å². The molecule has 2 nitrogen and oxygen atoms in total. The van der Waals surface area contributed by atoms with E-state index in [1.807, 2.05) is 0 Å². The molecule has 0 bridgehead atoms. The topological polar surface area (TPSA) is 29.5 Å². The van der Waals surface area contributed by atoms with Gasteiger partial charge in [-0.2, -0.15) is 0 Å². The van der Waals surface area contributed by atoms with Crippen LogP contribution in [0.2, 0.25) is 0 Å². The van der Waals surface area contributed by atoms with Gasteiger partial charge in [0, 0.05) is 6.42 Å². The number of benzene rings is 2. The summed E-state index contributed by atoms with van der Waals surface area (Å²) in [6.45, 7) is 1.48. The zero-order valence-electron chi connectivity index (χ0n) is 11.7. The van der Waals surface area contributed by atoms with Crippen molar-refractivity contribution in [1.29, 1.82) is 0 Å². The van der Waals surface area contributed by atoms with Crippen molar-refractivity contribution >= 4 is 0 Å². The maximum Gasteiger partial charge on any atom is 0.165 e. The second kappa shape index (κ2) is 6.18. The van der Waals surface area contributed by atoms with Gasteiger partial charge in [0.25, 0.3) is 0 Å². The second-order valence-corrected chi connectivity index (χ2v) is 4.78. The number of ether oxygens (including phenoxy) is 1. The first-order chi connectivity index (χ1) is 9.93. The fourth-order valence-corrected chi connectivity index (χ4v) is 2.15. The summed E-state index contributed by atoms with van der Waals surface area (Å²) in [6, 6.07) is 6.52. The van der Waals surface area contributed by atoms with Crippen LogP contribution in [0, 0.1) is 24.4 Å². The molecule has 2 aromatic carbocycles. The zero-order valence-corrected chi connectivity index (χ0v) is 11.7. The van der Waals surface area contributed by atoms with Gasteiger partial charge in [-0.05, 0) is 36.2 Å². The highest BCUT2D eigenvalue weighted by molar-refractivity contribution is 5.32. The van der Waals surface area contributed by atoms with Crippen molar-refractivity contribution in [1.82, 2.24) is 0 Å². The van der Waals surface area contributed by atoms with Gasteiger partial charge in [-0.25, -0.2) is 13.2 Å². The van der Waals surface area contributed by atoms with Crippen LogP contribution in [0.5, 0.6) is 5.75 Å². The van der Waals surface area contributed by atoms with E-state index in [1.165, 1.54) is 38.3 Å². The average molecular weight is 296 g/mol. The van der Waals surface area contributed by atoms with Crippen molar-refractivity contribution in [3.63, 3.8) is 0 Å². The number of aliphatic hydroxyl groups excluding tert-OH is 1. The highest BCUT2D eigenvalue weighted by atomic mass is 19.1. The third-order valence-corrected chi connectivity index (χ3v) is 3.30. The van der Waals surface area contributed by atoms with Crippen LogP contribution in [-0.4, -0.2) is 12.2 Å². The molecule has 0 saturated heterocycles. The SMILES string of the molecule is COc1ccc(CC(O)c2c(F)ccc(C)c2F)cc1F. The molecule has 0 aliphatic carbocycles. The van der Waals surface area contributed by atoms with E-state index in [-0.39, 0.29) is 17.7 Å². The summed E-state index contributed by atoms with van der Waals surface area (Å²) in [5.41, 5.74) is 0.263. The summed E-state index contributed by atoms with van der Waals surface area (Å²) in [5.74, 6) is -2.12. The summed E-state index contributed by atoms with van der Waals surface area (Å²) >= 11 is 0. The molecular weight excluding hydrogens is 281 g/mol. The van der Waals surface area contributed by atoms with E-state index in [0.717, 1.165) is 6.07 Å². The van der Waals surface area contributed by atoms with Crippen molar-refractivity contribution in [2.45, 2.75) is 19.4 Å². The molecule has 2 aromatic rings. The first kappa shape index (κ1) is 15.4. The number of aliphatic hydroxyl groups is 1. The average Bonchev–Trinajstić information content (AvgIpc) is 2.43. The molecule has 0 fully saturated rings. The molecule has 1 atom stereocenters. The number of aryl methyl sites for hydroxylation is 1. The predicted octanol–water partition coefficient (Wildman–Crippen LogP) is 3.70. The minimum absolute atomic E-state index is 0.0705. The second-order valence-electron chi connectivity index (χ2n) is 4.78. The molecule has 0 aliphatic rings. The van der Waals surface area contributed by atoms with Crippen LogP contribution in [0.25, 0.3) is 0 Å². The normalized spacial score (nSPS) is 12.3. The Balaban J connectivity index is 2.28. The molecule has 0 aromatic heterocycles.